The van der Waals surface area contributed by atoms with Crippen molar-refractivity contribution in [3.63, 3.8) is 0 Å². The van der Waals surface area contributed by atoms with Gasteiger partial charge in [0, 0.05) is 0 Å². The maximum absolute atomic E-state index is 4.17. The second-order valence-electron chi connectivity index (χ2n) is 3.02. The Bertz CT molecular complexity index is 429. The van der Waals surface area contributed by atoms with Crippen LogP contribution in [0.25, 0.3) is 12.2 Å². The first-order valence-electron chi connectivity index (χ1n) is 4.47. The molecule has 14 heavy (non-hydrogen) atoms. The summed E-state index contributed by atoms with van der Waals surface area (Å²) >= 11 is 0. The summed E-state index contributed by atoms with van der Waals surface area (Å²) in [5.74, 6) is 1.55. The number of hydrogen-bond donors (Lipinski definition) is 1. The monoisotopic (exact) mass is 185 g/mol. The van der Waals surface area contributed by atoms with E-state index in [1.165, 1.54) is 0 Å². The molecule has 0 bridgehead atoms. The van der Waals surface area contributed by atoms with Gasteiger partial charge < -0.3 is 0 Å². The summed E-state index contributed by atoms with van der Waals surface area (Å²) in [6, 6.07) is 10.1. The summed E-state index contributed by atoms with van der Waals surface area (Å²) in [6.07, 6.45) is 3.88. The molecule has 2 aromatic rings. The Hall–Kier alpha value is -1.90. The van der Waals surface area contributed by atoms with Crippen LogP contribution in [-0.4, -0.2) is 15.2 Å². The summed E-state index contributed by atoms with van der Waals surface area (Å²) in [5, 5.41) is 6.80. The molecule has 0 aliphatic carbocycles. The summed E-state index contributed by atoms with van der Waals surface area (Å²) in [5.41, 5.74) is 1.15. The van der Waals surface area contributed by atoms with Crippen molar-refractivity contribution in [2.24, 2.45) is 0 Å². The van der Waals surface area contributed by atoms with Crippen LogP contribution in [0.2, 0.25) is 0 Å². The normalized spacial score (nSPS) is 10.9. The molecule has 0 amide bonds. The van der Waals surface area contributed by atoms with Crippen LogP contribution < -0.4 is 0 Å². The molecule has 3 nitrogen and oxygen atoms in total. The Balaban J connectivity index is 2.15. The van der Waals surface area contributed by atoms with Gasteiger partial charge in [-0.2, -0.15) is 5.10 Å². The van der Waals surface area contributed by atoms with Crippen molar-refractivity contribution >= 4 is 12.2 Å². The second-order valence-corrected chi connectivity index (χ2v) is 3.02. The van der Waals surface area contributed by atoms with Crippen molar-refractivity contribution in [1.82, 2.24) is 15.2 Å². The van der Waals surface area contributed by atoms with E-state index in [1.54, 1.807) is 0 Å². The third-order valence-corrected chi connectivity index (χ3v) is 1.84. The highest BCUT2D eigenvalue weighted by Crippen LogP contribution is 2.04. The van der Waals surface area contributed by atoms with E-state index in [-0.39, 0.29) is 0 Å². The van der Waals surface area contributed by atoms with Crippen molar-refractivity contribution in [1.29, 1.82) is 0 Å². The lowest BCUT2D eigenvalue weighted by Crippen LogP contribution is -1.75. The molecule has 1 aromatic carbocycles. The topological polar surface area (TPSA) is 41.6 Å². The molecule has 0 unspecified atom stereocenters. The SMILES string of the molecule is Cc1nc(C=Cc2ccccc2)n[nH]1. The van der Waals surface area contributed by atoms with Gasteiger partial charge in [-0.25, -0.2) is 4.98 Å². The van der Waals surface area contributed by atoms with Gasteiger partial charge >= 0.3 is 0 Å². The maximum Gasteiger partial charge on any atom is 0.173 e. The fraction of sp³-hybridized carbons (Fsp3) is 0.0909. The van der Waals surface area contributed by atoms with E-state index in [0.29, 0.717) is 5.82 Å². The number of nitrogens with one attached hydrogen (secondary N) is 1. The van der Waals surface area contributed by atoms with Gasteiger partial charge in [0.2, 0.25) is 0 Å². The van der Waals surface area contributed by atoms with Crippen molar-refractivity contribution in [3.05, 3.63) is 47.5 Å². The number of aryl methyl sites for hydroxylation is 1. The Morgan fingerprint density at radius 2 is 1.93 bits per heavy atom. The number of rotatable bonds is 2. The summed E-state index contributed by atoms with van der Waals surface area (Å²) in [6.45, 7) is 1.88. The van der Waals surface area contributed by atoms with Gasteiger partial charge in [0.15, 0.2) is 5.82 Å². The predicted octanol–water partition coefficient (Wildman–Crippen LogP) is 2.28. The van der Waals surface area contributed by atoms with E-state index in [1.807, 2.05) is 49.4 Å². The van der Waals surface area contributed by atoms with Crippen LogP contribution in [0.4, 0.5) is 0 Å². The minimum atomic E-state index is 0.714. The van der Waals surface area contributed by atoms with Crippen LogP contribution in [0.1, 0.15) is 17.2 Å². The number of aromatic amines is 1. The van der Waals surface area contributed by atoms with Crippen LogP contribution >= 0.6 is 0 Å². The van der Waals surface area contributed by atoms with Crippen LogP contribution in [0.3, 0.4) is 0 Å². The first-order valence-corrected chi connectivity index (χ1v) is 4.47. The Morgan fingerprint density at radius 1 is 1.14 bits per heavy atom. The van der Waals surface area contributed by atoms with Crippen LogP contribution in [0, 0.1) is 6.92 Å². The second kappa shape index (κ2) is 3.87. The molecule has 1 aromatic heterocycles. The number of aromatic nitrogens is 3. The molecule has 0 saturated carbocycles. The number of nitrogens with zero attached hydrogens (tertiary/aromatic N) is 2. The van der Waals surface area contributed by atoms with E-state index in [2.05, 4.69) is 15.2 Å². The number of H-pyrrole nitrogens is 1. The summed E-state index contributed by atoms with van der Waals surface area (Å²) in [7, 11) is 0. The van der Waals surface area contributed by atoms with Gasteiger partial charge in [-0.15, -0.1) is 0 Å². The number of benzene rings is 1. The molecule has 2 rings (SSSR count). The average molecular weight is 185 g/mol. The molecule has 70 valence electrons. The Morgan fingerprint density at radius 3 is 2.57 bits per heavy atom. The molecule has 0 atom stereocenters. The van der Waals surface area contributed by atoms with Crippen molar-refractivity contribution in [3.8, 4) is 0 Å². The molecule has 0 spiro atoms. The first kappa shape index (κ1) is 8.69. The Labute approximate surface area is 82.5 Å². The average Bonchev–Trinajstić information content (AvgIpc) is 2.63. The third kappa shape index (κ3) is 2.07. The number of hydrogen-bond acceptors (Lipinski definition) is 2. The van der Waals surface area contributed by atoms with E-state index in [0.717, 1.165) is 11.4 Å². The zero-order chi connectivity index (χ0) is 9.80. The minimum Gasteiger partial charge on any atom is -0.263 e. The fourth-order valence-electron chi connectivity index (χ4n) is 1.17. The van der Waals surface area contributed by atoms with Crippen LogP contribution in [0.5, 0.6) is 0 Å². The van der Waals surface area contributed by atoms with Gasteiger partial charge in [-0.05, 0) is 18.6 Å². The summed E-state index contributed by atoms with van der Waals surface area (Å²) < 4.78 is 0. The Kier molecular flexibility index (Phi) is 2.40. The quantitative estimate of drug-likeness (QED) is 0.779. The zero-order valence-corrected chi connectivity index (χ0v) is 7.94. The highest BCUT2D eigenvalue weighted by molar-refractivity contribution is 5.66. The van der Waals surface area contributed by atoms with E-state index in [9.17, 15) is 0 Å². The first-order chi connectivity index (χ1) is 6.84. The van der Waals surface area contributed by atoms with Gasteiger partial charge in [-0.1, -0.05) is 36.4 Å². The van der Waals surface area contributed by atoms with Gasteiger partial charge in [0.1, 0.15) is 5.82 Å². The van der Waals surface area contributed by atoms with Crippen LogP contribution in [0.15, 0.2) is 30.3 Å². The third-order valence-electron chi connectivity index (χ3n) is 1.84. The zero-order valence-electron chi connectivity index (χ0n) is 7.94. The van der Waals surface area contributed by atoms with Crippen LogP contribution in [-0.2, 0) is 0 Å². The molecule has 0 aliphatic heterocycles. The van der Waals surface area contributed by atoms with Gasteiger partial charge in [-0.3, -0.25) is 5.10 Å². The van der Waals surface area contributed by atoms with Gasteiger partial charge in [0.05, 0.1) is 0 Å². The molecule has 3 heteroatoms. The maximum atomic E-state index is 4.17. The molecule has 0 saturated heterocycles. The molecule has 0 fully saturated rings. The van der Waals surface area contributed by atoms with Crippen molar-refractivity contribution in [2.45, 2.75) is 6.92 Å². The predicted molar refractivity (Wildman–Crippen MR) is 56.5 cm³/mol. The largest absolute Gasteiger partial charge is 0.263 e. The minimum absolute atomic E-state index is 0.714. The summed E-state index contributed by atoms with van der Waals surface area (Å²) in [4.78, 5) is 4.17. The van der Waals surface area contributed by atoms with E-state index >= 15 is 0 Å². The molecular weight excluding hydrogens is 174 g/mol. The molecule has 1 N–H and O–H groups in total. The highest BCUT2D eigenvalue weighted by Gasteiger charge is 1.92. The molecule has 0 aliphatic rings. The van der Waals surface area contributed by atoms with Crippen molar-refractivity contribution < 1.29 is 0 Å². The lowest BCUT2D eigenvalue weighted by atomic mass is 10.2. The lowest BCUT2D eigenvalue weighted by Gasteiger charge is -1.88. The smallest absolute Gasteiger partial charge is 0.173 e. The van der Waals surface area contributed by atoms with E-state index in [4.69, 9.17) is 0 Å². The molecule has 1 heterocycles. The van der Waals surface area contributed by atoms with Crippen molar-refractivity contribution in [2.75, 3.05) is 0 Å². The highest BCUT2D eigenvalue weighted by atomic mass is 15.2. The van der Waals surface area contributed by atoms with E-state index < -0.39 is 0 Å². The lowest BCUT2D eigenvalue weighted by molar-refractivity contribution is 1.03. The molecular formula is C11H11N3. The van der Waals surface area contributed by atoms with Gasteiger partial charge in [0.25, 0.3) is 0 Å². The molecule has 0 radical (unpaired) electrons. The standard InChI is InChI=1S/C11H11N3/c1-9-12-11(14-13-9)8-7-10-5-3-2-4-6-10/h2-8H,1H3,(H,12,13,14). The fourth-order valence-corrected chi connectivity index (χ4v) is 1.17.